The van der Waals surface area contributed by atoms with Crippen LogP contribution in [0.5, 0.6) is 0 Å². The van der Waals surface area contributed by atoms with Crippen molar-refractivity contribution in [2.75, 3.05) is 44.2 Å². The van der Waals surface area contributed by atoms with Crippen LogP contribution in [0, 0.1) is 5.41 Å². The molecule has 0 saturated carbocycles. The van der Waals surface area contributed by atoms with Crippen molar-refractivity contribution in [3.05, 3.63) is 63.6 Å². The fourth-order valence-corrected chi connectivity index (χ4v) is 4.66. The highest BCUT2D eigenvalue weighted by Crippen LogP contribution is 2.33. The van der Waals surface area contributed by atoms with Gasteiger partial charge in [0.25, 0.3) is 11.5 Å². The van der Waals surface area contributed by atoms with Gasteiger partial charge in [-0.05, 0) is 43.0 Å². The topological polar surface area (TPSA) is 85.5 Å². The number of aromatic amines is 1. The maximum Gasteiger partial charge on any atom is 0.261 e. The van der Waals surface area contributed by atoms with Crippen LogP contribution in [-0.2, 0) is 6.42 Å². The molecule has 0 bridgehead atoms. The number of piperazine rings is 1. The number of nitrogens with zero attached hydrogens (tertiary/aromatic N) is 2. The lowest BCUT2D eigenvalue weighted by Gasteiger charge is -2.36. The van der Waals surface area contributed by atoms with Crippen molar-refractivity contribution in [3.8, 4) is 0 Å². The summed E-state index contributed by atoms with van der Waals surface area (Å²) in [5, 5.41) is 2.84. The number of nitrogens with one attached hydrogen (secondary N) is 2. The van der Waals surface area contributed by atoms with E-state index in [4.69, 9.17) is 0 Å². The average Bonchev–Trinajstić information content (AvgIpc) is 2.76. The number of anilines is 1. The van der Waals surface area contributed by atoms with Crippen LogP contribution in [0.2, 0.25) is 0 Å². The van der Waals surface area contributed by atoms with Gasteiger partial charge in [0.05, 0.1) is 0 Å². The van der Waals surface area contributed by atoms with E-state index in [1.807, 2.05) is 19.9 Å². The van der Waals surface area contributed by atoms with Crippen molar-refractivity contribution >= 4 is 17.4 Å². The van der Waals surface area contributed by atoms with E-state index in [1.54, 1.807) is 0 Å². The first kappa shape index (κ1) is 22.3. The number of rotatable bonds is 6. The third-order valence-corrected chi connectivity index (χ3v) is 6.39. The number of Topliss-reactive ketones (excluding diaryl/α,β-unsaturated/α-hetero) is 1. The normalized spacial score (nSPS) is 18.3. The molecular weight excluding hydrogens is 404 g/mol. The second kappa shape index (κ2) is 9.28. The molecule has 0 atom stereocenters. The SMILES string of the molecule is CC1(C)CC(=O)c2cc(C(=O)NCCCN3CCN(c4ccccc4)CC3)c(=O)[nH]c2C1. The summed E-state index contributed by atoms with van der Waals surface area (Å²) in [5.74, 6) is -0.434. The van der Waals surface area contributed by atoms with Crippen LogP contribution in [0.15, 0.2) is 41.2 Å². The number of benzene rings is 1. The monoisotopic (exact) mass is 436 g/mol. The van der Waals surface area contributed by atoms with E-state index in [9.17, 15) is 14.4 Å². The molecule has 0 unspecified atom stereocenters. The fourth-order valence-electron chi connectivity index (χ4n) is 4.66. The lowest BCUT2D eigenvalue weighted by atomic mass is 9.75. The number of aromatic nitrogens is 1. The molecule has 7 heteroatoms. The largest absolute Gasteiger partial charge is 0.369 e. The minimum absolute atomic E-state index is 0.0174. The summed E-state index contributed by atoms with van der Waals surface area (Å²) in [6.45, 7) is 9.38. The predicted molar refractivity (Wildman–Crippen MR) is 126 cm³/mol. The zero-order chi connectivity index (χ0) is 22.7. The maximum atomic E-state index is 12.6. The van der Waals surface area contributed by atoms with Crippen LogP contribution in [0.1, 0.15) is 53.1 Å². The Balaban J connectivity index is 1.25. The van der Waals surface area contributed by atoms with Crippen LogP contribution in [0.3, 0.4) is 0 Å². The van der Waals surface area contributed by atoms with Crippen molar-refractivity contribution < 1.29 is 9.59 Å². The van der Waals surface area contributed by atoms with Crippen molar-refractivity contribution in [3.63, 3.8) is 0 Å². The summed E-state index contributed by atoms with van der Waals surface area (Å²) < 4.78 is 0. The lowest BCUT2D eigenvalue weighted by molar-refractivity contribution is 0.0910. The fraction of sp³-hybridized carbons (Fsp3) is 0.480. The van der Waals surface area contributed by atoms with Crippen LogP contribution in [-0.4, -0.2) is 60.8 Å². The Bertz CT molecular complexity index is 1040. The zero-order valence-electron chi connectivity index (χ0n) is 18.9. The van der Waals surface area contributed by atoms with E-state index in [1.165, 1.54) is 11.8 Å². The number of pyridine rings is 1. The Kier molecular flexibility index (Phi) is 6.46. The molecule has 1 aliphatic carbocycles. The number of para-hydroxylation sites is 1. The highest BCUT2D eigenvalue weighted by atomic mass is 16.2. The molecular formula is C25H32N4O3. The molecule has 170 valence electrons. The van der Waals surface area contributed by atoms with Gasteiger partial charge < -0.3 is 15.2 Å². The molecule has 32 heavy (non-hydrogen) atoms. The van der Waals surface area contributed by atoms with Crippen LogP contribution >= 0.6 is 0 Å². The Morgan fingerprint density at radius 1 is 1.06 bits per heavy atom. The number of H-pyrrole nitrogens is 1. The zero-order valence-corrected chi connectivity index (χ0v) is 18.9. The summed E-state index contributed by atoms with van der Waals surface area (Å²) in [5.41, 5.74) is 1.80. The second-order valence-corrected chi connectivity index (χ2v) is 9.62. The second-order valence-electron chi connectivity index (χ2n) is 9.62. The quantitative estimate of drug-likeness (QED) is 0.680. The van der Waals surface area contributed by atoms with Crippen LogP contribution in [0.4, 0.5) is 5.69 Å². The highest BCUT2D eigenvalue weighted by Gasteiger charge is 2.32. The minimum atomic E-state index is -0.427. The van der Waals surface area contributed by atoms with Gasteiger partial charge in [0.15, 0.2) is 5.78 Å². The summed E-state index contributed by atoms with van der Waals surface area (Å²) in [6, 6.07) is 11.9. The Morgan fingerprint density at radius 3 is 2.50 bits per heavy atom. The average molecular weight is 437 g/mol. The molecule has 2 N–H and O–H groups in total. The van der Waals surface area contributed by atoms with E-state index in [0.717, 1.165) is 39.1 Å². The van der Waals surface area contributed by atoms with Gasteiger partial charge in [-0.15, -0.1) is 0 Å². The van der Waals surface area contributed by atoms with E-state index in [0.29, 0.717) is 30.6 Å². The minimum Gasteiger partial charge on any atom is -0.369 e. The molecule has 4 rings (SSSR count). The first-order valence-electron chi connectivity index (χ1n) is 11.4. The van der Waals surface area contributed by atoms with E-state index >= 15 is 0 Å². The van der Waals surface area contributed by atoms with E-state index in [-0.39, 0.29) is 16.8 Å². The molecule has 2 aromatic rings. The van der Waals surface area contributed by atoms with Crippen molar-refractivity contribution in [1.82, 2.24) is 15.2 Å². The molecule has 2 aliphatic rings. The Hall–Kier alpha value is -2.93. The molecule has 1 saturated heterocycles. The van der Waals surface area contributed by atoms with Crippen LogP contribution in [0.25, 0.3) is 0 Å². The van der Waals surface area contributed by atoms with Crippen molar-refractivity contribution in [2.45, 2.75) is 33.1 Å². The van der Waals surface area contributed by atoms with E-state index < -0.39 is 11.5 Å². The Labute approximate surface area is 188 Å². The van der Waals surface area contributed by atoms with Gasteiger partial charge in [-0.25, -0.2) is 0 Å². The number of amides is 1. The summed E-state index contributed by atoms with van der Waals surface area (Å²) >= 11 is 0. The number of fused-ring (bicyclic) bond motifs is 1. The van der Waals surface area contributed by atoms with Gasteiger partial charge in [-0.2, -0.15) is 0 Å². The maximum absolute atomic E-state index is 12.6. The molecule has 0 radical (unpaired) electrons. The lowest BCUT2D eigenvalue weighted by Crippen LogP contribution is -2.47. The van der Waals surface area contributed by atoms with Gasteiger partial charge in [-0.1, -0.05) is 32.0 Å². The molecule has 7 nitrogen and oxygen atoms in total. The highest BCUT2D eigenvalue weighted by molar-refractivity contribution is 6.02. The van der Waals surface area contributed by atoms with Crippen molar-refractivity contribution in [1.29, 1.82) is 0 Å². The molecule has 1 amide bonds. The number of hydrogen-bond donors (Lipinski definition) is 2. The molecule has 0 spiro atoms. The van der Waals surface area contributed by atoms with Gasteiger partial charge >= 0.3 is 0 Å². The Morgan fingerprint density at radius 2 is 1.78 bits per heavy atom. The first-order chi connectivity index (χ1) is 15.3. The number of carbonyl (C=O) groups is 2. The molecule has 1 aliphatic heterocycles. The number of carbonyl (C=O) groups excluding carboxylic acids is 2. The molecule has 1 aromatic heterocycles. The molecule has 1 fully saturated rings. The van der Waals surface area contributed by atoms with Gasteiger partial charge in [-0.3, -0.25) is 19.3 Å². The van der Waals surface area contributed by atoms with Gasteiger partial charge in [0.2, 0.25) is 0 Å². The van der Waals surface area contributed by atoms with Gasteiger partial charge in [0, 0.05) is 56.1 Å². The van der Waals surface area contributed by atoms with E-state index in [2.05, 4.69) is 44.4 Å². The molecule has 2 heterocycles. The standard InChI is InChI=1S/C25H32N4O3/c1-25(2)16-21-19(22(30)17-25)15-20(24(32)27-21)23(31)26-9-6-10-28-11-13-29(14-12-28)18-7-4-3-5-8-18/h3-5,7-8,15H,6,9-14,16-17H2,1-2H3,(H,26,31)(H,27,32). The summed E-state index contributed by atoms with van der Waals surface area (Å²) in [7, 11) is 0. The summed E-state index contributed by atoms with van der Waals surface area (Å²) in [6.07, 6.45) is 1.86. The number of hydrogen-bond acceptors (Lipinski definition) is 5. The molecule has 1 aromatic carbocycles. The predicted octanol–water partition coefficient (Wildman–Crippen LogP) is 2.47. The summed E-state index contributed by atoms with van der Waals surface area (Å²) in [4.78, 5) is 45.1. The third-order valence-electron chi connectivity index (χ3n) is 6.39. The first-order valence-corrected chi connectivity index (χ1v) is 11.4. The van der Waals surface area contributed by atoms with Gasteiger partial charge in [0.1, 0.15) is 5.56 Å². The smallest absolute Gasteiger partial charge is 0.261 e. The van der Waals surface area contributed by atoms with Crippen molar-refractivity contribution in [2.24, 2.45) is 5.41 Å². The third kappa shape index (κ3) is 5.10. The number of ketones is 1. The van der Waals surface area contributed by atoms with Crippen LogP contribution < -0.4 is 15.8 Å².